The minimum Gasteiger partial charge on any atom is -0.313 e. The van der Waals surface area contributed by atoms with Gasteiger partial charge < -0.3 is 15.1 Å². The summed E-state index contributed by atoms with van der Waals surface area (Å²) >= 11 is 0. The minimum absolute atomic E-state index is 0.670. The normalized spacial score (nSPS) is 29.7. The van der Waals surface area contributed by atoms with Gasteiger partial charge in [-0.2, -0.15) is 0 Å². The third-order valence-corrected chi connectivity index (χ3v) is 4.57. The molecule has 2 fully saturated rings. The predicted octanol–water partition coefficient (Wildman–Crippen LogP) is 1.79. The van der Waals surface area contributed by atoms with Crippen molar-refractivity contribution in [2.75, 3.05) is 39.3 Å². The molecule has 2 aliphatic heterocycles. The highest BCUT2D eigenvalue weighted by molar-refractivity contribution is 4.79. The monoisotopic (exact) mass is 253 g/mol. The third kappa shape index (κ3) is 4.22. The lowest BCUT2D eigenvalue weighted by Crippen LogP contribution is -2.43. The number of hydrogen-bond donors (Lipinski definition) is 1. The summed E-state index contributed by atoms with van der Waals surface area (Å²) in [7, 11) is 0. The van der Waals surface area contributed by atoms with E-state index in [4.69, 9.17) is 0 Å². The van der Waals surface area contributed by atoms with Gasteiger partial charge >= 0.3 is 0 Å². The highest BCUT2D eigenvalue weighted by Gasteiger charge is 2.23. The second kappa shape index (κ2) is 6.88. The van der Waals surface area contributed by atoms with Crippen LogP contribution in [0, 0.1) is 5.92 Å². The molecule has 0 aromatic rings. The Morgan fingerprint density at radius 2 is 1.89 bits per heavy atom. The zero-order chi connectivity index (χ0) is 13.0. The molecule has 0 aliphatic carbocycles. The van der Waals surface area contributed by atoms with E-state index in [1.54, 1.807) is 0 Å². The van der Waals surface area contributed by atoms with Crippen molar-refractivity contribution in [3.8, 4) is 0 Å². The summed E-state index contributed by atoms with van der Waals surface area (Å²) in [4.78, 5) is 5.32. The molecule has 2 saturated heterocycles. The van der Waals surface area contributed by atoms with Crippen LogP contribution in [-0.2, 0) is 0 Å². The Morgan fingerprint density at radius 3 is 2.56 bits per heavy atom. The predicted molar refractivity (Wildman–Crippen MR) is 78.0 cm³/mol. The summed E-state index contributed by atoms with van der Waals surface area (Å²) in [5.74, 6) is 0.935. The second-order valence-electron chi connectivity index (χ2n) is 6.54. The standard InChI is InChI=1S/C15H31N3/c1-13(2)18-9-5-15(6-10-18)12-17-8-4-7-16-14(3)11-17/h13-16H,4-12H2,1-3H3. The van der Waals surface area contributed by atoms with Crippen molar-refractivity contribution in [3.05, 3.63) is 0 Å². The molecule has 18 heavy (non-hydrogen) atoms. The van der Waals surface area contributed by atoms with Crippen molar-refractivity contribution in [2.45, 2.75) is 52.1 Å². The Labute approximate surface area is 113 Å². The topological polar surface area (TPSA) is 18.5 Å². The van der Waals surface area contributed by atoms with E-state index in [9.17, 15) is 0 Å². The lowest BCUT2D eigenvalue weighted by molar-refractivity contribution is 0.121. The molecule has 3 nitrogen and oxygen atoms in total. The van der Waals surface area contributed by atoms with Crippen LogP contribution in [0.1, 0.15) is 40.0 Å². The van der Waals surface area contributed by atoms with Crippen molar-refractivity contribution >= 4 is 0 Å². The summed E-state index contributed by atoms with van der Waals surface area (Å²) in [6, 6.07) is 1.40. The molecular formula is C15H31N3. The zero-order valence-electron chi connectivity index (χ0n) is 12.5. The molecular weight excluding hydrogens is 222 g/mol. The van der Waals surface area contributed by atoms with Gasteiger partial charge in [0.15, 0.2) is 0 Å². The van der Waals surface area contributed by atoms with E-state index in [-0.39, 0.29) is 0 Å². The van der Waals surface area contributed by atoms with Crippen LogP contribution >= 0.6 is 0 Å². The molecule has 2 rings (SSSR count). The lowest BCUT2D eigenvalue weighted by Gasteiger charge is -2.36. The van der Waals surface area contributed by atoms with Gasteiger partial charge in [-0.25, -0.2) is 0 Å². The molecule has 1 unspecified atom stereocenters. The van der Waals surface area contributed by atoms with Gasteiger partial charge in [-0.05, 0) is 72.1 Å². The van der Waals surface area contributed by atoms with E-state index in [2.05, 4.69) is 35.9 Å². The average molecular weight is 253 g/mol. The van der Waals surface area contributed by atoms with Crippen LogP contribution in [0.3, 0.4) is 0 Å². The Bertz CT molecular complexity index is 234. The largest absolute Gasteiger partial charge is 0.313 e. The van der Waals surface area contributed by atoms with Gasteiger partial charge in [-0.1, -0.05) is 0 Å². The summed E-state index contributed by atoms with van der Waals surface area (Å²) in [6.07, 6.45) is 4.11. The summed E-state index contributed by atoms with van der Waals surface area (Å²) < 4.78 is 0. The van der Waals surface area contributed by atoms with Crippen molar-refractivity contribution in [3.63, 3.8) is 0 Å². The third-order valence-electron chi connectivity index (χ3n) is 4.57. The van der Waals surface area contributed by atoms with Gasteiger partial charge in [0.1, 0.15) is 0 Å². The van der Waals surface area contributed by atoms with Crippen LogP contribution in [0.5, 0.6) is 0 Å². The van der Waals surface area contributed by atoms with Gasteiger partial charge in [0, 0.05) is 25.2 Å². The highest BCUT2D eigenvalue weighted by atomic mass is 15.2. The van der Waals surface area contributed by atoms with E-state index in [0.717, 1.165) is 12.0 Å². The van der Waals surface area contributed by atoms with Crippen LogP contribution in [-0.4, -0.2) is 61.2 Å². The van der Waals surface area contributed by atoms with Crippen molar-refractivity contribution in [2.24, 2.45) is 5.92 Å². The van der Waals surface area contributed by atoms with E-state index in [1.165, 1.54) is 58.5 Å². The number of hydrogen-bond acceptors (Lipinski definition) is 3. The maximum Gasteiger partial charge on any atom is 0.0166 e. The van der Waals surface area contributed by atoms with E-state index in [0.29, 0.717) is 6.04 Å². The first-order valence-corrected chi connectivity index (χ1v) is 7.85. The molecule has 0 spiro atoms. The Balaban J connectivity index is 1.73. The molecule has 2 aliphatic rings. The van der Waals surface area contributed by atoms with Crippen LogP contribution < -0.4 is 5.32 Å². The zero-order valence-corrected chi connectivity index (χ0v) is 12.5. The summed E-state index contributed by atoms with van der Waals surface area (Å²) in [5.41, 5.74) is 0. The summed E-state index contributed by atoms with van der Waals surface area (Å²) in [5, 5.41) is 3.58. The van der Waals surface area contributed by atoms with Crippen LogP contribution in [0.4, 0.5) is 0 Å². The first-order chi connectivity index (χ1) is 8.65. The molecule has 0 aromatic heterocycles. The lowest BCUT2D eigenvalue weighted by atomic mass is 9.95. The number of rotatable bonds is 3. The molecule has 0 saturated carbocycles. The van der Waals surface area contributed by atoms with Gasteiger partial charge in [0.25, 0.3) is 0 Å². The Kier molecular flexibility index (Phi) is 5.46. The molecule has 3 heteroatoms. The molecule has 0 radical (unpaired) electrons. The van der Waals surface area contributed by atoms with Gasteiger partial charge in [-0.15, -0.1) is 0 Å². The molecule has 1 atom stereocenters. The van der Waals surface area contributed by atoms with Crippen LogP contribution in [0.25, 0.3) is 0 Å². The van der Waals surface area contributed by atoms with Crippen molar-refractivity contribution in [1.29, 1.82) is 0 Å². The van der Waals surface area contributed by atoms with Gasteiger partial charge in [0.2, 0.25) is 0 Å². The van der Waals surface area contributed by atoms with E-state index >= 15 is 0 Å². The SMILES string of the molecule is CC1CN(CC2CCN(C(C)C)CC2)CCCN1. The fourth-order valence-corrected chi connectivity index (χ4v) is 3.38. The molecule has 2 heterocycles. The average Bonchev–Trinajstić information content (AvgIpc) is 2.54. The quantitative estimate of drug-likeness (QED) is 0.827. The highest BCUT2D eigenvalue weighted by Crippen LogP contribution is 2.20. The fraction of sp³-hybridized carbons (Fsp3) is 1.00. The first kappa shape index (κ1) is 14.3. The van der Waals surface area contributed by atoms with Crippen molar-refractivity contribution < 1.29 is 0 Å². The smallest absolute Gasteiger partial charge is 0.0166 e. The molecule has 0 bridgehead atoms. The first-order valence-electron chi connectivity index (χ1n) is 7.85. The Morgan fingerprint density at radius 1 is 1.17 bits per heavy atom. The Hall–Kier alpha value is -0.120. The molecule has 1 N–H and O–H groups in total. The second-order valence-corrected chi connectivity index (χ2v) is 6.54. The van der Waals surface area contributed by atoms with Gasteiger partial charge in [0.05, 0.1) is 0 Å². The number of piperidine rings is 1. The summed E-state index contributed by atoms with van der Waals surface area (Å²) in [6.45, 7) is 14.6. The van der Waals surface area contributed by atoms with Gasteiger partial charge in [-0.3, -0.25) is 0 Å². The molecule has 106 valence electrons. The van der Waals surface area contributed by atoms with Crippen LogP contribution in [0.2, 0.25) is 0 Å². The van der Waals surface area contributed by atoms with E-state index < -0.39 is 0 Å². The minimum atomic E-state index is 0.670. The fourth-order valence-electron chi connectivity index (χ4n) is 3.38. The maximum atomic E-state index is 3.58. The van der Waals surface area contributed by atoms with Crippen molar-refractivity contribution in [1.82, 2.24) is 15.1 Å². The molecule has 0 aromatic carbocycles. The number of likely N-dealkylation sites (tertiary alicyclic amines) is 1. The maximum absolute atomic E-state index is 3.58. The molecule has 0 amide bonds. The number of nitrogens with one attached hydrogen (secondary N) is 1. The number of nitrogens with zero attached hydrogens (tertiary/aromatic N) is 2. The van der Waals surface area contributed by atoms with Crippen LogP contribution in [0.15, 0.2) is 0 Å². The van der Waals surface area contributed by atoms with E-state index in [1.807, 2.05) is 0 Å².